The molecule has 1 aliphatic rings. The molecular weight excluding hydrogens is 414 g/mol. The normalized spacial score (nSPS) is 12.9. The van der Waals surface area contributed by atoms with E-state index in [4.69, 9.17) is 25.8 Å². The fourth-order valence-electron chi connectivity index (χ4n) is 3.32. The summed E-state index contributed by atoms with van der Waals surface area (Å²) in [6.45, 7) is 1.95. The van der Waals surface area contributed by atoms with Gasteiger partial charge in [0.05, 0.1) is 32.8 Å². The summed E-state index contributed by atoms with van der Waals surface area (Å²) in [6, 6.07) is 17.6. The first kappa shape index (κ1) is 20.9. The van der Waals surface area contributed by atoms with Crippen molar-refractivity contribution in [2.24, 2.45) is 0 Å². The van der Waals surface area contributed by atoms with Crippen molar-refractivity contribution in [2.75, 3.05) is 25.8 Å². The molecule has 4 rings (SSSR count). The zero-order valence-electron chi connectivity index (χ0n) is 17.5. The van der Waals surface area contributed by atoms with E-state index in [0.29, 0.717) is 23.3 Å². The number of benzene rings is 2. The van der Waals surface area contributed by atoms with Crippen LogP contribution in [0.2, 0.25) is 5.15 Å². The molecule has 0 bridgehead atoms. The van der Waals surface area contributed by atoms with Crippen LogP contribution >= 0.6 is 11.6 Å². The molecule has 0 unspecified atom stereocenters. The van der Waals surface area contributed by atoms with Gasteiger partial charge < -0.3 is 24.0 Å². The zero-order valence-corrected chi connectivity index (χ0v) is 18.2. The molecule has 0 amide bonds. The average Bonchev–Trinajstić information content (AvgIpc) is 3.27. The molecule has 2 aromatic carbocycles. The second-order valence-corrected chi connectivity index (χ2v) is 7.50. The highest BCUT2D eigenvalue weighted by molar-refractivity contribution is 6.29. The van der Waals surface area contributed by atoms with E-state index in [-0.39, 0.29) is 0 Å². The summed E-state index contributed by atoms with van der Waals surface area (Å²) in [5.74, 6) is 2.26. The highest BCUT2D eigenvalue weighted by Crippen LogP contribution is 2.30. The number of aromatic nitrogens is 1. The molecule has 0 N–H and O–H groups in total. The van der Waals surface area contributed by atoms with Crippen molar-refractivity contribution in [1.29, 1.82) is 0 Å². The lowest BCUT2D eigenvalue weighted by Gasteiger charge is -2.21. The third kappa shape index (κ3) is 5.22. The van der Waals surface area contributed by atoms with Crippen molar-refractivity contribution in [3.63, 3.8) is 0 Å². The van der Waals surface area contributed by atoms with Gasteiger partial charge in [-0.15, -0.1) is 0 Å². The minimum Gasteiger partial charge on any atom is -0.497 e. The van der Waals surface area contributed by atoms with E-state index in [1.807, 2.05) is 48.7 Å². The predicted molar refractivity (Wildman–Crippen MR) is 122 cm³/mol. The summed E-state index contributed by atoms with van der Waals surface area (Å²) in [7, 11) is 3.31. The largest absolute Gasteiger partial charge is 0.497 e. The van der Waals surface area contributed by atoms with Crippen molar-refractivity contribution < 1.29 is 14.2 Å². The number of halogens is 1. The van der Waals surface area contributed by atoms with Crippen molar-refractivity contribution in [3.8, 4) is 17.2 Å². The third-order valence-electron chi connectivity index (χ3n) is 5.00. The lowest BCUT2D eigenvalue weighted by atomic mass is 10.2. The van der Waals surface area contributed by atoms with E-state index in [1.54, 1.807) is 26.5 Å². The molecule has 3 aromatic rings. The third-order valence-corrected chi connectivity index (χ3v) is 5.23. The van der Waals surface area contributed by atoms with Crippen molar-refractivity contribution >= 4 is 17.3 Å². The molecule has 1 aliphatic heterocycles. The summed E-state index contributed by atoms with van der Waals surface area (Å²) >= 11 is 5.88. The number of methoxy groups -OCH3 is 2. The van der Waals surface area contributed by atoms with Crippen LogP contribution in [-0.2, 0) is 13.2 Å². The molecule has 0 atom stereocenters. The fraction of sp³-hybridized carbons (Fsp3) is 0.208. The molecule has 0 aliphatic carbocycles. The number of rotatable bonds is 8. The predicted octanol–water partition coefficient (Wildman–Crippen LogP) is 5.08. The summed E-state index contributed by atoms with van der Waals surface area (Å²) in [5, 5.41) is 0.491. The fourth-order valence-corrected chi connectivity index (χ4v) is 3.43. The quantitative estimate of drug-likeness (QED) is 0.458. The van der Waals surface area contributed by atoms with Gasteiger partial charge in [-0.25, -0.2) is 4.98 Å². The van der Waals surface area contributed by atoms with Gasteiger partial charge in [-0.05, 0) is 47.5 Å². The number of ether oxygens (including phenoxy) is 3. The molecule has 0 saturated carbocycles. The first-order chi connectivity index (χ1) is 15.1. The van der Waals surface area contributed by atoms with Gasteiger partial charge in [0.15, 0.2) is 11.5 Å². The molecule has 2 heterocycles. The summed E-state index contributed by atoms with van der Waals surface area (Å²) in [4.78, 5) is 8.48. The lowest BCUT2D eigenvalue weighted by molar-refractivity contribution is 0.283. The zero-order chi connectivity index (χ0) is 21.6. The highest BCUT2D eigenvalue weighted by Gasteiger charge is 2.15. The molecular formula is C24H24ClN3O3. The second kappa shape index (κ2) is 9.62. The standard InChI is InChI=1S/C24H24ClN3O3/c1-29-21-7-3-18(4-8-21)16-31-22-9-5-19(13-23(22)30-2)15-27-11-12-28(17-27)20-6-10-24(25)26-14-20/h3-14H,15-17H2,1-2H3. The van der Waals surface area contributed by atoms with Crippen LogP contribution in [0.4, 0.5) is 5.69 Å². The van der Waals surface area contributed by atoms with Crippen LogP contribution in [0.25, 0.3) is 0 Å². The number of hydrogen-bond donors (Lipinski definition) is 0. The van der Waals surface area contributed by atoms with Gasteiger partial charge in [-0.1, -0.05) is 29.8 Å². The van der Waals surface area contributed by atoms with Crippen LogP contribution in [-0.4, -0.2) is 30.8 Å². The Morgan fingerprint density at radius 3 is 2.42 bits per heavy atom. The minimum atomic E-state index is 0.457. The Morgan fingerprint density at radius 2 is 1.71 bits per heavy atom. The second-order valence-electron chi connectivity index (χ2n) is 7.12. The van der Waals surface area contributed by atoms with E-state index < -0.39 is 0 Å². The first-order valence-electron chi connectivity index (χ1n) is 9.88. The van der Waals surface area contributed by atoms with Crippen LogP contribution < -0.4 is 19.1 Å². The molecule has 0 radical (unpaired) electrons. The van der Waals surface area contributed by atoms with Gasteiger partial charge >= 0.3 is 0 Å². The van der Waals surface area contributed by atoms with Crippen LogP contribution in [0.1, 0.15) is 11.1 Å². The van der Waals surface area contributed by atoms with Crippen molar-refractivity contribution in [2.45, 2.75) is 13.2 Å². The molecule has 0 saturated heterocycles. The maximum absolute atomic E-state index is 5.98. The van der Waals surface area contributed by atoms with Crippen LogP contribution in [0.3, 0.4) is 0 Å². The molecule has 6 nitrogen and oxygen atoms in total. The maximum atomic E-state index is 5.98. The number of hydrogen-bond acceptors (Lipinski definition) is 6. The topological polar surface area (TPSA) is 47.1 Å². The molecule has 1 aromatic heterocycles. The first-order valence-corrected chi connectivity index (χ1v) is 10.3. The molecule has 0 spiro atoms. The van der Waals surface area contributed by atoms with Gasteiger partial charge in [-0.2, -0.15) is 0 Å². The van der Waals surface area contributed by atoms with Crippen LogP contribution in [0.15, 0.2) is 73.2 Å². The summed E-state index contributed by atoms with van der Waals surface area (Å²) in [6.07, 6.45) is 5.87. The van der Waals surface area contributed by atoms with Gasteiger partial charge in [-0.3, -0.25) is 0 Å². The molecule has 31 heavy (non-hydrogen) atoms. The Bertz CT molecular complexity index is 1040. The lowest BCUT2D eigenvalue weighted by Crippen LogP contribution is -2.24. The van der Waals surface area contributed by atoms with E-state index in [2.05, 4.69) is 27.1 Å². The van der Waals surface area contributed by atoms with Gasteiger partial charge in [0.2, 0.25) is 0 Å². The van der Waals surface area contributed by atoms with E-state index in [0.717, 1.165) is 35.8 Å². The number of pyridine rings is 1. The van der Waals surface area contributed by atoms with Crippen molar-refractivity contribution in [3.05, 3.63) is 89.5 Å². The Morgan fingerprint density at radius 1 is 0.903 bits per heavy atom. The van der Waals surface area contributed by atoms with Crippen molar-refractivity contribution in [1.82, 2.24) is 9.88 Å². The monoisotopic (exact) mass is 437 g/mol. The number of anilines is 1. The molecule has 7 heteroatoms. The van der Waals surface area contributed by atoms with Crippen LogP contribution in [0.5, 0.6) is 17.2 Å². The van der Waals surface area contributed by atoms with E-state index in [9.17, 15) is 0 Å². The Labute approximate surface area is 187 Å². The number of nitrogens with zero attached hydrogens (tertiary/aromatic N) is 3. The SMILES string of the molecule is COc1ccc(COc2ccc(CN3C=CN(c4ccc(Cl)nc4)C3)cc2OC)cc1. The maximum Gasteiger partial charge on any atom is 0.161 e. The van der Waals surface area contributed by atoms with Gasteiger partial charge in [0.25, 0.3) is 0 Å². The Hall–Kier alpha value is -3.38. The Kier molecular flexibility index (Phi) is 6.48. The smallest absolute Gasteiger partial charge is 0.161 e. The molecule has 160 valence electrons. The summed E-state index contributed by atoms with van der Waals surface area (Å²) in [5.41, 5.74) is 3.20. The van der Waals surface area contributed by atoms with Gasteiger partial charge in [0, 0.05) is 18.9 Å². The summed E-state index contributed by atoms with van der Waals surface area (Å²) < 4.78 is 16.7. The average molecular weight is 438 g/mol. The highest BCUT2D eigenvalue weighted by atomic mass is 35.5. The van der Waals surface area contributed by atoms with Gasteiger partial charge in [0.1, 0.15) is 17.5 Å². The van der Waals surface area contributed by atoms with E-state index >= 15 is 0 Å². The Balaban J connectivity index is 1.36. The minimum absolute atomic E-state index is 0.457. The molecule has 0 fully saturated rings. The van der Waals surface area contributed by atoms with E-state index in [1.165, 1.54) is 0 Å². The van der Waals surface area contributed by atoms with Crippen LogP contribution in [0, 0.1) is 0 Å².